The molecule has 2 aromatic carbocycles. The first-order chi connectivity index (χ1) is 13.3. The molecular weight excluding hydrogens is 388 g/mol. The van der Waals surface area contributed by atoms with Gasteiger partial charge in [0.1, 0.15) is 11.6 Å². The fourth-order valence-corrected chi connectivity index (χ4v) is 4.45. The lowest BCUT2D eigenvalue weighted by Crippen LogP contribution is -2.53. The number of nitrogens with one attached hydrogen (secondary N) is 1. The maximum absolute atomic E-state index is 13.0. The van der Waals surface area contributed by atoms with Crippen molar-refractivity contribution < 1.29 is 22.0 Å². The number of sulfonamides is 1. The number of rotatable bonds is 5. The van der Waals surface area contributed by atoms with Gasteiger partial charge in [-0.25, -0.2) is 17.2 Å². The number of nitrogens with zero attached hydrogens (tertiary/aromatic N) is 2. The van der Waals surface area contributed by atoms with Crippen LogP contribution in [0.2, 0.25) is 0 Å². The summed E-state index contributed by atoms with van der Waals surface area (Å²) in [6, 6.07) is 9.74. The van der Waals surface area contributed by atoms with E-state index in [9.17, 15) is 22.0 Å². The number of piperazine rings is 1. The Morgan fingerprint density at radius 1 is 0.929 bits per heavy atom. The summed E-state index contributed by atoms with van der Waals surface area (Å²) < 4.78 is 52.6. The van der Waals surface area contributed by atoms with Gasteiger partial charge in [0.2, 0.25) is 15.9 Å². The number of halogens is 2. The van der Waals surface area contributed by atoms with Gasteiger partial charge in [-0.2, -0.15) is 4.31 Å². The zero-order valence-electron chi connectivity index (χ0n) is 15.3. The predicted octanol–water partition coefficient (Wildman–Crippen LogP) is 2.30. The average Bonchev–Trinajstić information content (AvgIpc) is 2.69. The Kier molecular flexibility index (Phi) is 6.07. The maximum atomic E-state index is 13.0. The Labute approximate surface area is 162 Å². The van der Waals surface area contributed by atoms with Crippen LogP contribution in [-0.2, 0) is 14.8 Å². The first kappa shape index (κ1) is 20.4. The van der Waals surface area contributed by atoms with E-state index >= 15 is 0 Å². The number of carbonyl (C=O) groups is 1. The molecule has 0 aliphatic carbocycles. The number of benzene rings is 2. The van der Waals surface area contributed by atoms with Crippen LogP contribution in [0, 0.1) is 11.6 Å². The minimum absolute atomic E-state index is 0.0458. The van der Waals surface area contributed by atoms with E-state index in [4.69, 9.17) is 0 Å². The fourth-order valence-electron chi connectivity index (χ4n) is 3.03. The first-order valence-electron chi connectivity index (χ1n) is 8.83. The summed E-state index contributed by atoms with van der Waals surface area (Å²) in [5.74, 6) is -1.13. The van der Waals surface area contributed by atoms with Gasteiger partial charge in [0, 0.05) is 31.9 Å². The van der Waals surface area contributed by atoms with Crippen LogP contribution in [-0.4, -0.2) is 55.8 Å². The fraction of sp³-hybridized carbons (Fsp3) is 0.316. The highest BCUT2D eigenvalue weighted by Crippen LogP contribution is 2.19. The molecule has 0 bridgehead atoms. The lowest BCUT2D eigenvalue weighted by Gasteiger charge is -2.36. The number of amides is 1. The summed E-state index contributed by atoms with van der Waals surface area (Å²) in [6.45, 7) is 2.97. The van der Waals surface area contributed by atoms with E-state index < -0.39 is 21.9 Å². The molecule has 1 fully saturated rings. The standard InChI is InChI=1S/C19H21F2N3O3S/c1-14(19(25)22-17-6-2-15(20)3-7-17)23-10-12-24(13-11-23)28(26,27)18-8-4-16(21)5-9-18/h2-9,14H,10-13H2,1H3,(H,22,25)/t14-/m0/s1. The molecule has 9 heteroatoms. The Balaban J connectivity index is 1.58. The van der Waals surface area contributed by atoms with Crippen molar-refractivity contribution in [1.82, 2.24) is 9.21 Å². The van der Waals surface area contributed by atoms with Gasteiger partial charge in [-0.1, -0.05) is 0 Å². The van der Waals surface area contributed by atoms with Gasteiger partial charge in [0.15, 0.2) is 0 Å². The van der Waals surface area contributed by atoms with Gasteiger partial charge in [0.25, 0.3) is 0 Å². The van der Waals surface area contributed by atoms with Crippen LogP contribution >= 0.6 is 0 Å². The normalized spacial score (nSPS) is 17.2. The smallest absolute Gasteiger partial charge is 0.243 e. The Morgan fingerprint density at radius 3 is 1.96 bits per heavy atom. The van der Waals surface area contributed by atoms with Crippen LogP contribution in [0.25, 0.3) is 0 Å². The number of hydrogen-bond donors (Lipinski definition) is 1. The molecule has 1 atom stereocenters. The third-order valence-corrected chi connectivity index (χ3v) is 6.68. The molecular formula is C19H21F2N3O3S. The average molecular weight is 409 g/mol. The van der Waals surface area contributed by atoms with Crippen molar-refractivity contribution in [1.29, 1.82) is 0 Å². The van der Waals surface area contributed by atoms with Crippen LogP contribution < -0.4 is 5.32 Å². The highest BCUT2D eigenvalue weighted by molar-refractivity contribution is 7.89. The van der Waals surface area contributed by atoms with Gasteiger partial charge < -0.3 is 5.32 Å². The van der Waals surface area contributed by atoms with Crippen molar-refractivity contribution in [2.45, 2.75) is 17.9 Å². The van der Waals surface area contributed by atoms with Gasteiger partial charge in [-0.3, -0.25) is 9.69 Å². The molecule has 1 aliphatic heterocycles. The molecule has 1 aliphatic rings. The second-order valence-corrected chi connectivity index (χ2v) is 8.50. The Morgan fingerprint density at radius 2 is 1.43 bits per heavy atom. The van der Waals surface area contributed by atoms with Crippen LogP contribution in [0.5, 0.6) is 0 Å². The van der Waals surface area contributed by atoms with Crippen molar-refractivity contribution in [3.63, 3.8) is 0 Å². The van der Waals surface area contributed by atoms with Crippen molar-refractivity contribution in [3.05, 3.63) is 60.2 Å². The van der Waals surface area contributed by atoms with E-state index in [2.05, 4.69) is 5.32 Å². The summed E-state index contributed by atoms with van der Waals surface area (Å²) in [7, 11) is -3.70. The minimum atomic E-state index is -3.70. The largest absolute Gasteiger partial charge is 0.325 e. The molecule has 0 radical (unpaired) electrons. The lowest BCUT2D eigenvalue weighted by atomic mass is 10.2. The van der Waals surface area contributed by atoms with Crippen LogP contribution in [0.3, 0.4) is 0 Å². The van der Waals surface area contributed by atoms with E-state index in [1.54, 1.807) is 6.92 Å². The topological polar surface area (TPSA) is 69.7 Å². The summed E-state index contributed by atoms with van der Waals surface area (Å²) in [4.78, 5) is 14.3. The van der Waals surface area contributed by atoms with Crippen molar-refractivity contribution in [3.8, 4) is 0 Å². The van der Waals surface area contributed by atoms with E-state index in [1.165, 1.54) is 40.7 Å². The Bertz CT molecular complexity index is 926. The first-order valence-corrected chi connectivity index (χ1v) is 10.3. The molecule has 3 rings (SSSR count). The molecule has 1 saturated heterocycles. The Hall–Kier alpha value is -2.36. The highest BCUT2D eigenvalue weighted by atomic mass is 32.2. The summed E-state index contributed by atoms with van der Waals surface area (Å²) in [5, 5.41) is 2.72. The zero-order valence-corrected chi connectivity index (χ0v) is 16.1. The molecule has 0 saturated carbocycles. The van der Waals surface area contributed by atoms with Crippen LogP contribution in [0.15, 0.2) is 53.4 Å². The number of carbonyl (C=O) groups excluding carboxylic acids is 1. The van der Waals surface area contributed by atoms with Gasteiger partial charge >= 0.3 is 0 Å². The van der Waals surface area contributed by atoms with Crippen LogP contribution in [0.4, 0.5) is 14.5 Å². The molecule has 28 heavy (non-hydrogen) atoms. The van der Waals surface area contributed by atoms with E-state index in [0.717, 1.165) is 12.1 Å². The molecule has 1 amide bonds. The molecule has 6 nitrogen and oxygen atoms in total. The van der Waals surface area contributed by atoms with Gasteiger partial charge in [0.05, 0.1) is 10.9 Å². The second kappa shape index (κ2) is 8.34. The van der Waals surface area contributed by atoms with Gasteiger partial charge in [-0.15, -0.1) is 0 Å². The SMILES string of the molecule is C[C@@H](C(=O)Nc1ccc(F)cc1)N1CCN(S(=O)(=O)c2ccc(F)cc2)CC1. The molecule has 0 unspecified atom stereocenters. The third kappa shape index (κ3) is 4.54. The number of hydrogen-bond acceptors (Lipinski definition) is 4. The van der Waals surface area contributed by atoms with Crippen molar-refractivity contribution in [2.75, 3.05) is 31.5 Å². The van der Waals surface area contributed by atoms with E-state index in [-0.39, 0.29) is 29.7 Å². The minimum Gasteiger partial charge on any atom is -0.325 e. The summed E-state index contributed by atoms with van der Waals surface area (Å²) in [5.41, 5.74) is 0.496. The molecule has 0 spiro atoms. The summed E-state index contributed by atoms with van der Waals surface area (Å²) in [6.07, 6.45) is 0. The van der Waals surface area contributed by atoms with E-state index in [0.29, 0.717) is 18.8 Å². The van der Waals surface area contributed by atoms with Gasteiger partial charge in [-0.05, 0) is 55.5 Å². The van der Waals surface area contributed by atoms with Crippen LogP contribution in [0.1, 0.15) is 6.92 Å². The monoisotopic (exact) mass is 409 g/mol. The molecule has 150 valence electrons. The second-order valence-electron chi connectivity index (χ2n) is 6.57. The molecule has 0 aromatic heterocycles. The van der Waals surface area contributed by atoms with Crippen molar-refractivity contribution in [2.24, 2.45) is 0 Å². The zero-order chi connectivity index (χ0) is 20.3. The quantitative estimate of drug-likeness (QED) is 0.823. The van der Waals surface area contributed by atoms with E-state index in [1.807, 2.05) is 4.90 Å². The maximum Gasteiger partial charge on any atom is 0.243 e. The lowest BCUT2D eigenvalue weighted by molar-refractivity contribution is -0.121. The van der Waals surface area contributed by atoms with Crippen molar-refractivity contribution >= 4 is 21.6 Å². The predicted molar refractivity (Wildman–Crippen MR) is 101 cm³/mol. The molecule has 2 aromatic rings. The molecule has 1 heterocycles. The summed E-state index contributed by atoms with van der Waals surface area (Å²) >= 11 is 0. The number of anilines is 1. The molecule has 1 N–H and O–H groups in total. The highest BCUT2D eigenvalue weighted by Gasteiger charge is 2.31. The third-order valence-electron chi connectivity index (χ3n) is 4.76.